The van der Waals surface area contributed by atoms with Gasteiger partial charge in [-0.1, -0.05) is 0 Å². The van der Waals surface area contributed by atoms with E-state index >= 15 is 0 Å². The van der Waals surface area contributed by atoms with Crippen molar-refractivity contribution in [2.45, 2.75) is 19.9 Å². The second-order valence-electron chi connectivity index (χ2n) is 5.80. The van der Waals surface area contributed by atoms with Crippen molar-refractivity contribution in [1.82, 2.24) is 19.5 Å². The number of fused-ring (bicyclic) bond motifs is 1. The summed E-state index contributed by atoms with van der Waals surface area (Å²) >= 11 is 0. The molecule has 0 bridgehead atoms. The van der Waals surface area contributed by atoms with Gasteiger partial charge < -0.3 is 14.6 Å². The smallest absolute Gasteiger partial charge is 0.264 e. The molecule has 7 heteroatoms. The van der Waals surface area contributed by atoms with Crippen molar-refractivity contribution in [2.75, 3.05) is 12.4 Å². The number of hydrogen-bond donors (Lipinski definition) is 1. The van der Waals surface area contributed by atoms with Gasteiger partial charge in [-0.2, -0.15) is 0 Å². The number of nitrogens with one attached hydrogen (secondary N) is 1. The monoisotopic (exact) mass is 325 g/mol. The van der Waals surface area contributed by atoms with E-state index in [4.69, 9.17) is 4.74 Å². The van der Waals surface area contributed by atoms with Crippen LogP contribution in [0.1, 0.15) is 13.8 Å². The standard InChI is InChI=1S/C17H19N5O2/c1-10(2)20-16-15-13(19-9-22(3)17(15)23)8-12(21-16)11-5-6-18-14(7-11)24-4/h5-10H,1-4H3,(H,20,21). The first-order valence-electron chi connectivity index (χ1n) is 7.63. The summed E-state index contributed by atoms with van der Waals surface area (Å²) in [5.41, 5.74) is 2.02. The maximum Gasteiger partial charge on any atom is 0.264 e. The summed E-state index contributed by atoms with van der Waals surface area (Å²) in [6, 6.07) is 5.58. The minimum atomic E-state index is -0.130. The Balaban J connectivity index is 2.27. The molecule has 0 spiro atoms. The van der Waals surface area contributed by atoms with Crippen molar-refractivity contribution in [2.24, 2.45) is 7.05 Å². The number of ether oxygens (including phenoxy) is 1. The SMILES string of the molecule is COc1cc(-c2cc3ncn(C)c(=O)c3c(NC(C)C)n2)ccn1. The van der Waals surface area contributed by atoms with Gasteiger partial charge in [0.05, 0.1) is 24.6 Å². The van der Waals surface area contributed by atoms with E-state index in [0.29, 0.717) is 28.3 Å². The van der Waals surface area contributed by atoms with E-state index in [1.54, 1.807) is 32.5 Å². The van der Waals surface area contributed by atoms with Crippen LogP contribution in [0.25, 0.3) is 22.2 Å². The molecule has 0 amide bonds. The summed E-state index contributed by atoms with van der Waals surface area (Å²) in [6.07, 6.45) is 3.17. The lowest BCUT2D eigenvalue weighted by atomic mass is 10.1. The van der Waals surface area contributed by atoms with Crippen molar-refractivity contribution >= 4 is 16.7 Å². The predicted octanol–water partition coefficient (Wildman–Crippen LogP) is 2.22. The van der Waals surface area contributed by atoms with E-state index in [1.807, 2.05) is 19.9 Å². The van der Waals surface area contributed by atoms with Gasteiger partial charge in [0.2, 0.25) is 5.88 Å². The van der Waals surface area contributed by atoms with Crippen LogP contribution in [-0.4, -0.2) is 32.7 Å². The minimum absolute atomic E-state index is 0.130. The van der Waals surface area contributed by atoms with Gasteiger partial charge in [-0.05, 0) is 26.0 Å². The van der Waals surface area contributed by atoms with Crippen LogP contribution in [0.5, 0.6) is 5.88 Å². The van der Waals surface area contributed by atoms with Gasteiger partial charge in [0, 0.05) is 30.9 Å². The third kappa shape index (κ3) is 2.92. The Labute approximate surface area is 139 Å². The van der Waals surface area contributed by atoms with Crippen molar-refractivity contribution in [1.29, 1.82) is 0 Å². The summed E-state index contributed by atoms with van der Waals surface area (Å²) in [5.74, 6) is 1.03. The number of aromatic nitrogens is 4. The van der Waals surface area contributed by atoms with Gasteiger partial charge in [-0.3, -0.25) is 4.79 Å². The molecule has 3 rings (SSSR count). The second-order valence-corrected chi connectivity index (χ2v) is 5.80. The summed E-state index contributed by atoms with van der Waals surface area (Å²) in [7, 11) is 3.24. The molecule has 0 saturated heterocycles. The number of rotatable bonds is 4. The normalized spacial score (nSPS) is 11.0. The topological polar surface area (TPSA) is 81.9 Å². The van der Waals surface area contributed by atoms with Crippen LogP contribution in [0, 0.1) is 0 Å². The number of methoxy groups -OCH3 is 1. The molecule has 3 aromatic heterocycles. The molecule has 0 aliphatic heterocycles. The summed E-state index contributed by atoms with van der Waals surface area (Å²) in [4.78, 5) is 25.6. The molecule has 24 heavy (non-hydrogen) atoms. The van der Waals surface area contributed by atoms with E-state index in [9.17, 15) is 4.79 Å². The van der Waals surface area contributed by atoms with E-state index in [-0.39, 0.29) is 11.6 Å². The Hall–Kier alpha value is -2.96. The Morgan fingerprint density at radius 2 is 2.04 bits per heavy atom. The molecule has 124 valence electrons. The summed E-state index contributed by atoms with van der Waals surface area (Å²) in [5, 5.41) is 3.73. The summed E-state index contributed by atoms with van der Waals surface area (Å²) in [6.45, 7) is 3.99. The van der Waals surface area contributed by atoms with Crippen LogP contribution >= 0.6 is 0 Å². The quantitative estimate of drug-likeness (QED) is 0.792. The first-order chi connectivity index (χ1) is 11.5. The van der Waals surface area contributed by atoms with Crippen LogP contribution < -0.4 is 15.6 Å². The summed E-state index contributed by atoms with van der Waals surface area (Å²) < 4.78 is 6.62. The Morgan fingerprint density at radius 1 is 1.25 bits per heavy atom. The minimum Gasteiger partial charge on any atom is -0.481 e. The first kappa shape index (κ1) is 15.9. The highest BCUT2D eigenvalue weighted by atomic mass is 16.5. The average molecular weight is 325 g/mol. The highest BCUT2D eigenvalue weighted by Gasteiger charge is 2.14. The fourth-order valence-corrected chi connectivity index (χ4v) is 2.43. The maximum absolute atomic E-state index is 12.5. The van der Waals surface area contributed by atoms with Crippen LogP contribution in [0.3, 0.4) is 0 Å². The van der Waals surface area contributed by atoms with Crippen LogP contribution in [-0.2, 0) is 7.05 Å². The average Bonchev–Trinajstić information content (AvgIpc) is 2.57. The number of hydrogen-bond acceptors (Lipinski definition) is 6. The molecule has 0 saturated carbocycles. The molecule has 0 aliphatic rings. The van der Waals surface area contributed by atoms with E-state index in [0.717, 1.165) is 5.56 Å². The molecular formula is C17H19N5O2. The van der Waals surface area contributed by atoms with Gasteiger partial charge in [-0.15, -0.1) is 0 Å². The molecule has 0 aliphatic carbocycles. The van der Waals surface area contributed by atoms with Crippen molar-refractivity contribution < 1.29 is 4.74 Å². The molecule has 7 nitrogen and oxygen atoms in total. The lowest BCUT2D eigenvalue weighted by molar-refractivity contribution is 0.398. The number of nitrogens with zero attached hydrogens (tertiary/aromatic N) is 4. The molecular weight excluding hydrogens is 306 g/mol. The predicted molar refractivity (Wildman–Crippen MR) is 93.3 cm³/mol. The van der Waals surface area contributed by atoms with Gasteiger partial charge in [0.1, 0.15) is 11.2 Å². The van der Waals surface area contributed by atoms with E-state index in [2.05, 4.69) is 20.3 Å². The Kier molecular flexibility index (Phi) is 4.16. The second kappa shape index (κ2) is 6.27. The third-order valence-electron chi connectivity index (χ3n) is 3.57. The lowest BCUT2D eigenvalue weighted by Crippen LogP contribution is -2.21. The number of pyridine rings is 2. The Bertz CT molecular complexity index is 949. The van der Waals surface area contributed by atoms with E-state index in [1.165, 1.54) is 10.9 Å². The number of anilines is 1. The fourth-order valence-electron chi connectivity index (χ4n) is 2.43. The van der Waals surface area contributed by atoms with Gasteiger partial charge in [-0.25, -0.2) is 15.0 Å². The molecule has 0 unspecified atom stereocenters. The Morgan fingerprint density at radius 3 is 2.75 bits per heavy atom. The zero-order chi connectivity index (χ0) is 17.3. The highest BCUT2D eigenvalue weighted by Crippen LogP contribution is 2.26. The molecule has 1 N–H and O–H groups in total. The molecule has 3 heterocycles. The third-order valence-corrected chi connectivity index (χ3v) is 3.57. The highest BCUT2D eigenvalue weighted by molar-refractivity contribution is 5.91. The van der Waals surface area contributed by atoms with Gasteiger partial charge >= 0.3 is 0 Å². The number of aryl methyl sites for hydroxylation is 1. The van der Waals surface area contributed by atoms with Gasteiger partial charge in [0.25, 0.3) is 5.56 Å². The first-order valence-corrected chi connectivity index (χ1v) is 7.63. The molecule has 0 aromatic carbocycles. The van der Waals surface area contributed by atoms with Crippen molar-refractivity contribution in [3.05, 3.63) is 41.1 Å². The van der Waals surface area contributed by atoms with Crippen LogP contribution in [0.15, 0.2) is 35.5 Å². The fraction of sp³-hybridized carbons (Fsp3) is 0.294. The largest absolute Gasteiger partial charge is 0.481 e. The molecule has 0 atom stereocenters. The lowest BCUT2D eigenvalue weighted by Gasteiger charge is -2.14. The maximum atomic E-state index is 12.5. The van der Waals surface area contributed by atoms with Crippen LogP contribution in [0.2, 0.25) is 0 Å². The van der Waals surface area contributed by atoms with Gasteiger partial charge in [0.15, 0.2) is 0 Å². The van der Waals surface area contributed by atoms with Crippen molar-refractivity contribution in [3.63, 3.8) is 0 Å². The van der Waals surface area contributed by atoms with Crippen molar-refractivity contribution in [3.8, 4) is 17.1 Å². The van der Waals surface area contributed by atoms with E-state index < -0.39 is 0 Å². The zero-order valence-electron chi connectivity index (χ0n) is 14.1. The van der Waals surface area contributed by atoms with Crippen LogP contribution in [0.4, 0.5) is 5.82 Å². The molecule has 0 radical (unpaired) electrons. The molecule has 3 aromatic rings. The zero-order valence-corrected chi connectivity index (χ0v) is 14.1. The molecule has 0 fully saturated rings.